The number of H-pyrrole nitrogens is 1. The third kappa shape index (κ3) is 2.54. The molecule has 1 fully saturated rings. The van der Waals surface area contributed by atoms with Gasteiger partial charge in [-0.15, -0.1) is 0 Å². The Balaban J connectivity index is 1.66. The van der Waals surface area contributed by atoms with Crippen LogP contribution in [0, 0.1) is 6.92 Å². The molecule has 1 saturated carbocycles. The first kappa shape index (κ1) is 12.0. The zero-order valence-corrected chi connectivity index (χ0v) is 11.1. The number of aromatic nitrogens is 2. The van der Waals surface area contributed by atoms with Crippen LogP contribution in [0.1, 0.15) is 59.4 Å². The number of hydrogen-bond acceptors (Lipinski definition) is 3. The van der Waals surface area contributed by atoms with Crippen molar-refractivity contribution in [3.8, 4) is 0 Å². The van der Waals surface area contributed by atoms with Crippen LogP contribution >= 0.6 is 0 Å². The zero-order chi connectivity index (χ0) is 13.4. The molecule has 2 aromatic rings. The maximum absolute atomic E-state index is 12.1. The van der Waals surface area contributed by atoms with E-state index in [9.17, 15) is 4.79 Å². The molecule has 100 valence electrons. The molecular weight excluding hydrogens is 242 g/mol. The van der Waals surface area contributed by atoms with Crippen LogP contribution in [0.2, 0.25) is 0 Å². The molecule has 2 N–H and O–H groups in total. The first-order valence-electron chi connectivity index (χ1n) is 6.56. The Hall–Kier alpha value is -2.04. The van der Waals surface area contributed by atoms with Crippen LogP contribution in [-0.2, 0) is 0 Å². The van der Waals surface area contributed by atoms with E-state index >= 15 is 0 Å². The van der Waals surface area contributed by atoms with Gasteiger partial charge in [-0.25, -0.2) is 0 Å². The Bertz CT molecular complexity index is 595. The van der Waals surface area contributed by atoms with Gasteiger partial charge in [-0.2, -0.15) is 5.10 Å². The molecule has 0 spiro atoms. The van der Waals surface area contributed by atoms with Crippen LogP contribution in [-0.4, -0.2) is 16.1 Å². The van der Waals surface area contributed by atoms with Gasteiger partial charge in [-0.1, -0.05) is 0 Å². The SMILES string of the molecule is Cc1ccc([C@@H](C)NC(=O)c2cc(C3CC3)[nH]n2)o1. The van der Waals surface area contributed by atoms with E-state index in [0.29, 0.717) is 11.6 Å². The van der Waals surface area contributed by atoms with E-state index in [1.54, 1.807) is 0 Å². The van der Waals surface area contributed by atoms with Gasteiger partial charge >= 0.3 is 0 Å². The average Bonchev–Trinajstić information content (AvgIpc) is 2.94. The summed E-state index contributed by atoms with van der Waals surface area (Å²) in [5.41, 5.74) is 1.50. The molecule has 0 aromatic carbocycles. The van der Waals surface area contributed by atoms with E-state index < -0.39 is 0 Å². The van der Waals surface area contributed by atoms with Crippen molar-refractivity contribution in [2.45, 2.75) is 38.6 Å². The summed E-state index contributed by atoms with van der Waals surface area (Å²) in [6.45, 7) is 3.78. The van der Waals surface area contributed by atoms with E-state index in [1.807, 2.05) is 32.0 Å². The van der Waals surface area contributed by atoms with Gasteiger partial charge in [0.05, 0.1) is 6.04 Å². The molecule has 0 unspecified atom stereocenters. The highest BCUT2D eigenvalue weighted by molar-refractivity contribution is 5.92. The molecule has 3 rings (SSSR count). The lowest BCUT2D eigenvalue weighted by Crippen LogP contribution is -2.26. The van der Waals surface area contributed by atoms with Gasteiger partial charge in [-0.05, 0) is 44.9 Å². The number of hydrogen-bond donors (Lipinski definition) is 2. The number of amides is 1. The summed E-state index contributed by atoms with van der Waals surface area (Å²) < 4.78 is 5.49. The van der Waals surface area contributed by atoms with Crippen LogP contribution in [0.15, 0.2) is 22.6 Å². The van der Waals surface area contributed by atoms with Gasteiger partial charge in [0.15, 0.2) is 0 Å². The fourth-order valence-corrected chi connectivity index (χ4v) is 2.08. The number of carbonyl (C=O) groups excluding carboxylic acids is 1. The summed E-state index contributed by atoms with van der Waals surface area (Å²) in [4.78, 5) is 12.1. The molecule has 0 saturated heterocycles. The predicted octanol–water partition coefficient (Wildman–Crippen LogP) is 2.68. The van der Waals surface area contributed by atoms with Crippen LogP contribution < -0.4 is 5.32 Å². The second-order valence-corrected chi connectivity index (χ2v) is 5.13. The second-order valence-electron chi connectivity index (χ2n) is 5.13. The maximum atomic E-state index is 12.1. The molecule has 2 heterocycles. The number of rotatable bonds is 4. The quantitative estimate of drug-likeness (QED) is 0.886. The summed E-state index contributed by atoms with van der Waals surface area (Å²) in [6.07, 6.45) is 2.37. The number of carbonyl (C=O) groups is 1. The Morgan fingerprint density at radius 1 is 1.53 bits per heavy atom. The highest BCUT2D eigenvalue weighted by atomic mass is 16.3. The normalized spacial score (nSPS) is 16.3. The van der Waals surface area contributed by atoms with Crippen molar-refractivity contribution < 1.29 is 9.21 Å². The van der Waals surface area contributed by atoms with E-state index in [4.69, 9.17) is 4.42 Å². The number of aryl methyl sites for hydroxylation is 1. The molecule has 0 aliphatic heterocycles. The van der Waals surface area contributed by atoms with Crippen molar-refractivity contribution in [2.24, 2.45) is 0 Å². The minimum atomic E-state index is -0.176. The maximum Gasteiger partial charge on any atom is 0.272 e. The third-order valence-electron chi connectivity index (χ3n) is 3.38. The Labute approximate surface area is 111 Å². The van der Waals surface area contributed by atoms with Gasteiger partial charge in [0.2, 0.25) is 0 Å². The van der Waals surface area contributed by atoms with Crippen molar-refractivity contribution in [2.75, 3.05) is 0 Å². The van der Waals surface area contributed by atoms with E-state index in [0.717, 1.165) is 17.2 Å². The molecule has 1 amide bonds. The minimum absolute atomic E-state index is 0.165. The summed E-state index contributed by atoms with van der Waals surface area (Å²) in [6, 6.07) is 5.44. The van der Waals surface area contributed by atoms with Crippen molar-refractivity contribution >= 4 is 5.91 Å². The van der Waals surface area contributed by atoms with Gasteiger partial charge < -0.3 is 9.73 Å². The summed E-state index contributed by atoms with van der Waals surface area (Å²) in [5.74, 6) is 1.99. The lowest BCUT2D eigenvalue weighted by molar-refractivity contribution is 0.0930. The minimum Gasteiger partial charge on any atom is -0.464 e. The Morgan fingerprint density at radius 2 is 2.32 bits per heavy atom. The van der Waals surface area contributed by atoms with Gasteiger partial charge in [-0.3, -0.25) is 9.89 Å². The van der Waals surface area contributed by atoms with Gasteiger partial charge in [0, 0.05) is 11.6 Å². The smallest absolute Gasteiger partial charge is 0.272 e. The number of aromatic amines is 1. The van der Waals surface area contributed by atoms with Crippen molar-refractivity contribution in [3.05, 3.63) is 41.1 Å². The summed E-state index contributed by atoms with van der Waals surface area (Å²) in [5, 5.41) is 9.88. The van der Waals surface area contributed by atoms with Crippen LogP contribution in [0.3, 0.4) is 0 Å². The highest BCUT2D eigenvalue weighted by Crippen LogP contribution is 2.39. The molecular formula is C14H17N3O2. The van der Waals surface area contributed by atoms with E-state index in [2.05, 4.69) is 15.5 Å². The molecule has 19 heavy (non-hydrogen) atoms. The van der Waals surface area contributed by atoms with E-state index in [-0.39, 0.29) is 11.9 Å². The first-order chi connectivity index (χ1) is 9.13. The Morgan fingerprint density at radius 3 is 2.95 bits per heavy atom. The van der Waals surface area contributed by atoms with Crippen molar-refractivity contribution in [1.82, 2.24) is 15.5 Å². The predicted molar refractivity (Wildman–Crippen MR) is 69.9 cm³/mol. The topological polar surface area (TPSA) is 70.9 Å². The molecule has 1 atom stereocenters. The van der Waals surface area contributed by atoms with Crippen LogP contribution in [0.5, 0.6) is 0 Å². The molecule has 2 aromatic heterocycles. The van der Waals surface area contributed by atoms with Gasteiger partial charge in [0.25, 0.3) is 5.91 Å². The molecule has 0 radical (unpaired) electrons. The first-order valence-corrected chi connectivity index (χ1v) is 6.56. The summed E-state index contributed by atoms with van der Waals surface area (Å²) >= 11 is 0. The number of nitrogens with one attached hydrogen (secondary N) is 2. The van der Waals surface area contributed by atoms with Crippen molar-refractivity contribution in [3.63, 3.8) is 0 Å². The van der Waals surface area contributed by atoms with E-state index in [1.165, 1.54) is 12.8 Å². The number of furan rings is 1. The Kier molecular flexibility index (Phi) is 2.89. The van der Waals surface area contributed by atoms with Gasteiger partial charge in [0.1, 0.15) is 17.2 Å². The zero-order valence-electron chi connectivity index (χ0n) is 11.1. The number of nitrogens with zero attached hydrogens (tertiary/aromatic N) is 1. The molecule has 1 aliphatic carbocycles. The lowest BCUT2D eigenvalue weighted by Gasteiger charge is -2.09. The molecule has 5 nitrogen and oxygen atoms in total. The monoisotopic (exact) mass is 259 g/mol. The summed E-state index contributed by atoms with van der Waals surface area (Å²) in [7, 11) is 0. The third-order valence-corrected chi connectivity index (χ3v) is 3.38. The second kappa shape index (κ2) is 4.57. The fourth-order valence-electron chi connectivity index (χ4n) is 2.08. The fraction of sp³-hybridized carbons (Fsp3) is 0.429. The highest BCUT2D eigenvalue weighted by Gasteiger charge is 2.26. The van der Waals surface area contributed by atoms with Crippen molar-refractivity contribution in [1.29, 1.82) is 0 Å². The van der Waals surface area contributed by atoms with Crippen LogP contribution in [0.25, 0.3) is 0 Å². The average molecular weight is 259 g/mol. The molecule has 0 bridgehead atoms. The lowest BCUT2D eigenvalue weighted by atomic mass is 10.2. The molecule has 5 heteroatoms. The molecule has 1 aliphatic rings. The van der Waals surface area contributed by atoms with Crippen LogP contribution in [0.4, 0.5) is 0 Å². The largest absolute Gasteiger partial charge is 0.464 e. The standard InChI is InChI=1S/C14H17N3O2/c1-8-3-6-13(19-8)9(2)15-14(18)12-7-11(16-17-12)10-4-5-10/h3,6-7,9-10H,4-5H2,1-2H3,(H,15,18)(H,16,17)/t9-/m1/s1.